The Labute approximate surface area is 121 Å². The third-order valence-corrected chi connectivity index (χ3v) is 2.65. The second kappa shape index (κ2) is 7.45. The van der Waals surface area contributed by atoms with Crippen molar-refractivity contribution in [2.45, 2.75) is 0 Å². The summed E-state index contributed by atoms with van der Waals surface area (Å²) in [5.41, 5.74) is 0.243. The lowest BCUT2D eigenvalue weighted by Crippen LogP contribution is -2.39. The molecule has 106 valence electrons. The van der Waals surface area contributed by atoms with Crippen molar-refractivity contribution < 1.29 is 14.0 Å². The lowest BCUT2D eigenvalue weighted by atomic mass is 10.3. The maximum Gasteiger partial charge on any atom is 0.313 e. The number of hydrogen-bond donors (Lipinski definition) is 1. The van der Waals surface area contributed by atoms with Gasteiger partial charge in [0.1, 0.15) is 5.82 Å². The molecule has 0 heterocycles. The van der Waals surface area contributed by atoms with E-state index in [2.05, 4.69) is 18.5 Å². The van der Waals surface area contributed by atoms with E-state index in [0.29, 0.717) is 0 Å². The number of nitrogens with zero attached hydrogens (tertiary/aromatic N) is 1. The van der Waals surface area contributed by atoms with Gasteiger partial charge < -0.3 is 10.2 Å². The second-order valence-corrected chi connectivity index (χ2v) is 4.28. The number of amides is 2. The van der Waals surface area contributed by atoms with Crippen LogP contribution in [0.2, 0.25) is 5.02 Å². The van der Waals surface area contributed by atoms with Crippen molar-refractivity contribution in [3.63, 3.8) is 0 Å². The van der Waals surface area contributed by atoms with Crippen LogP contribution in [0.1, 0.15) is 0 Å². The molecule has 1 N–H and O–H groups in total. The van der Waals surface area contributed by atoms with Gasteiger partial charge in [0.2, 0.25) is 0 Å². The van der Waals surface area contributed by atoms with Gasteiger partial charge >= 0.3 is 11.8 Å². The molecule has 1 aromatic rings. The minimum Gasteiger partial charge on any atom is -0.327 e. The van der Waals surface area contributed by atoms with Crippen LogP contribution in [0.3, 0.4) is 0 Å². The normalized spacial score (nSPS) is 9.70. The molecule has 0 aliphatic carbocycles. The largest absolute Gasteiger partial charge is 0.327 e. The Morgan fingerprint density at radius 2 is 1.90 bits per heavy atom. The molecule has 0 atom stereocenters. The van der Waals surface area contributed by atoms with E-state index in [4.69, 9.17) is 11.6 Å². The molecule has 1 rings (SSSR count). The summed E-state index contributed by atoms with van der Waals surface area (Å²) >= 11 is 5.59. The van der Waals surface area contributed by atoms with Crippen molar-refractivity contribution in [2.75, 3.05) is 18.4 Å². The van der Waals surface area contributed by atoms with E-state index in [1.807, 2.05) is 0 Å². The molecule has 0 unspecified atom stereocenters. The van der Waals surface area contributed by atoms with Crippen molar-refractivity contribution in [1.29, 1.82) is 0 Å². The van der Waals surface area contributed by atoms with E-state index in [1.165, 1.54) is 29.2 Å². The number of benzene rings is 1. The van der Waals surface area contributed by atoms with Gasteiger partial charge in [0.25, 0.3) is 0 Å². The van der Waals surface area contributed by atoms with Crippen LogP contribution in [0.25, 0.3) is 0 Å². The highest BCUT2D eigenvalue weighted by Crippen LogP contribution is 2.19. The van der Waals surface area contributed by atoms with Crippen LogP contribution < -0.4 is 5.32 Å². The van der Waals surface area contributed by atoms with E-state index in [1.54, 1.807) is 0 Å². The van der Waals surface area contributed by atoms with Crippen LogP contribution in [0.5, 0.6) is 0 Å². The summed E-state index contributed by atoms with van der Waals surface area (Å²) in [6, 6.07) is 3.65. The summed E-state index contributed by atoms with van der Waals surface area (Å²) in [6.45, 7) is 7.47. The average molecular weight is 297 g/mol. The van der Waals surface area contributed by atoms with E-state index in [-0.39, 0.29) is 23.8 Å². The van der Waals surface area contributed by atoms with Crippen LogP contribution in [-0.2, 0) is 9.59 Å². The third-order valence-electron chi connectivity index (χ3n) is 2.36. The van der Waals surface area contributed by atoms with Crippen LogP contribution in [-0.4, -0.2) is 29.8 Å². The van der Waals surface area contributed by atoms with Crippen molar-refractivity contribution in [1.82, 2.24) is 4.90 Å². The van der Waals surface area contributed by atoms with Gasteiger partial charge in [-0.05, 0) is 18.2 Å². The summed E-state index contributed by atoms with van der Waals surface area (Å²) in [7, 11) is 0. The zero-order valence-electron chi connectivity index (χ0n) is 10.7. The summed E-state index contributed by atoms with van der Waals surface area (Å²) in [6.07, 6.45) is 3.01. The molecule has 1 aromatic carbocycles. The average Bonchev–Trinajstić information content (AvgIpc) is 2.42. The number of hydrogen-bond acceptors (Lipinski definition) is 2. The molecule has 20 heavy (non-hydrogen) atoms. The summed E-state index contributed by atoms with van der Waals surface area (Å²) < 4.78 is 13.0. The first kappa shape index (κ1) is 15.9. The van der Waals surface area contributed by atoms with Gasteiger partial charge in [-0.2, -0.15) is 0 Å². The molecule has 0 fully saturated rings. The van der Waals surface area contributed by atoms with Gasteiger partial charge in [-0.25, -0.2) is 4.39 Å². The van der Waals surface area contributed by atoms with Gasteiger partial charge in [0.05, 0.1) is 5.02 Å². The zero-order chi connectivity index (χ0) is 15.1. The van der Waals surface area contributed by atoms with Crippen LogP contribution in [0, 0.1) is 5.82 Å². The monoisotopic (exact) mass is 296 g/mol. The predicted molar refractivity (Wildman–Crippen MR) is 77.0 cm³/mol. The van der Waals surface area contributed by atoms with E-state index >= 15 is 0 Å². The van der Waals surface area contributed by atoms with Gasteiger partial charge in [-0.3, -0.25) is 9.59 Å². The standard InChI is InChI=1S/C14H14ClFN2O2/c1-3-7-18(8-4-2)14(20)13(19)17-10-5-6-12(16)11(15)9-10/h3-6,9H,1-2,7-8H2,(H,17,19). The fourth-order valence-corrected chi connectivity index (χ4v) is 1.63. The number of carbonyl (C=O) groups is 2. The number of halogens is 2. The van der Waals surface area contributed by atoms with Crippen molar-refractivity contribution >= 4 is 29.1 Å². The quantitative estimate of drug-likeness (QED) is 0.671. The molecular formula is C14H14ClFN2O2. The smallest absolute Gasteiger partial charge is 0.313 e. The van der Waals surface area contributed by atoms with Crippen molar-refractivity contribution in [2.24, 2.45) is 0 Å². The van der Waals surface area contributed by atoms with Crippen LogP contribution >= 0.6 is 11.6 Å². The molecule has 0 spiro atoms. The molecule has 0 radical (unpaired) electrons. The first-order valence-corrected chi connectivity index (χ1v) is 6.14. The molecule has 0 aromatic heterocycles. The van der Waals surface area contributed by atoms with E-state index in [9.17, 15) is 14.0 Å². The van der Waals surface area contributed by atoms with Gasteiger partial charge in [0.15, 0.2) is 0 Å². The fourth-order valence-electron chi connectivity index (χ4n) is 1.45. The summed E-state index contributed by atoms with van der Waals surface area (Å²) in [5, 5.41) is 2.22. The minimum absolute atomic E-state index is 0.135. The van der Waals surface area contributed by atoms with E-state index < -0.39 is 17.6 Å². The number of rotatable bonds is 5. The molecule has 4 nitrogen and oxygen atoms in total. The maximum absolute atomic E-state index is 13.0. The molecule has 6 heteroatoms. The van der Waals surface area contributed by atoms with Crippen molar-refractivity contribution in [3.05, 3.63) is 54.3 Å². The minimum atomic E-state index is -0.837. The third kappa shape index (κ3) is 4.20. The Morgan fingerprint density at radius 3 is 2.40 bits per heavy atom. The number of nitrogens with one attached hydrogen (secondary N) is 1. The Kier molecular flexibility index (Phi) is 5.93. The Balaban J connectivity index is 2.77. The Bertz CT molecular complexity index is 536. The van der Waals surface area contributed by atoms with E-state index in [0.717, 1.165) is 6.07 Å². The fraction of sp³-hybridized carbons (Fsp3) is 0.143. The molecule has 0 aliphatic rings. The first-order chi connectivity index (χ1) is 9.49. The predicted octanol–water partition coefficient (Wildman–Crippen LogP) is 2.62. The Hall–Kier alpha value is -2.14. The highest BCUT2D eigenvalue weighted by atomic mass is 35.5. The molecule has 2 amide bonds. The zero-order valence-corrected chi connectivity index (χ0v) is 11.5. The topological polar surface area (TPSA) is 49.4 Å². The molecule has 0 saturated carbocycles. The highest BCUT2D eigenvalue weighted by Gasteiger charge is 2.20. The first-order valence-electron chi connectivity index (χ1n) is 5.76. The lowest BCUT2D eigenvalue weighted by Gasteiger charge is -2.18. The van der Waals surface area contributed by atoms with Crippen LogP contribution in [0.15, 0.2) is 43.5 Å². The van der Waals surface area contributed by atoms with Crippen molar-refractivity contribution in [3.8, 4) is 0 Å². The molecular weight excluding hydrogens is 283 g/mol. The maximum atomic E-state index is 13.0. The molecule has 0 saturated heterocycles. The van der Waals surface area contributed by atoms with Gasteiger partial charge in [-0.1, -0.05) is 23.8 Å². The summed E-state index contributed by atoms with van der Waals surface area (Å²) in [4.78, 5) is 24.9. The van der Waals surface area contributed by atoms with Gasteiger partial charge in [0, 0.05) is 18.8 Å². The molecule has 0 aliphatic heterocycles. The second-order valence-electron chi connectivity index (χ2n) is 3.87. The molecule has 0 bridgehead atoms. The van der Waals surface area contributed by atoms with Gasteiger partial charge in [-0.15, -0.1) is 13.2 Å². The summed E-state index contributed by atoms with van der Waals surface area (Å²) in [5.74, 6) is -2.17. The number of carbonyl (C=O) groups excluding carboxylic acids is 2. The Morgan fingerprint density at radius 1 is 1.30 bits per heavy atom. The highest BCUT2D eigenvalue weighted by molar-refractivity contribution is 6.39. The van der Waals surface area contributed by atoms with Crippen LogP contribution in [0.4, 0.5) is 10.1 Å². The SMILES string of the molecule is C=CCN(CC=C)C(=O)C(=O)Nc1ccc(F)c(Cl)c1. The number of anilines is 1. The lowest BCUT2D eigenvalue weighted by molar-refractivity contribution is -0.142.